The molecule has 0 aromatic heterocycles. The van der Waals surface area contributed by atoms with Crippen molar-refractivity contribution < 1.29 is 19.1 Å². The summed E-state index contributed by atoms with van der Waals surface area (Å²) < 4.78 is 10.8. The fraction of sp³-hybridized carbons (Fsp3) is 0.636. The Morgan fingerprint density at radius 2 is 2.03 bits per heavy atom. The van der Waals surface area contributed by atoms with Crippen molar-refractivity contribution in [3.63, 3.8) is 0 Å². The highest BCUT2D eigenvalue weighted by molar-refractivity contribution is 5.77. The van der Waals surface area contributed by atoms with E-state index in [1.165, 1.54) is 0 Å². The minimum absolute atomic E-state index is 0.158. The Hall–Kier alpha value is -1.96. The van der Waals surface area contributed by atoms with Gasteiger partial charge in [-0.2, -0.15) is 0 Å². The van der Waals surface area contributed by atoms with Gasteiger partial charge in [0.1, 0.15) is 12.6 Å². The third kappa shape index (κ3) is 8.51. The van der Waals surface area contributed by atoms with Crippen molar-refractivity contribution in [2.45, 2.75) is 57.7 Å². The van der Waals surface area contributed by atoms with Gasteiger partial charge in [-0.15, -0.1) is 0 Å². The summed E-state index contributed by atoms with van der Waals surface area (Å²) in [5.74, 6) is -0.601. The fourth-order valence-corrected chi connectivity index (χ4v) is 3.39. The first-order valence-corrected chi connectivity index (χ1v) is 10.5. The molecule has 1 fully saturated rings. The van der Waals surface area contributed by atoms with Crippen LogP contribution >= 0.6 is 0 Å². The van der Waals surface area contributed by atoms with Crippen LogP contribution in [0.15, 0.2) is 30.3 Å². The second kappa shape index (κ2) is 11.9. The van der Waals surface area contributed by atoms with Crippen molar-refractivity contribution in [1.29, 1.82) is 0 Å². The number of esters is 2. The summed E-state index contributed by atoms with van der Waals surface area (Å²) in [6, 6.07) is 9.05. The molecule has 1 aliphatic rings. The van der Waals surface area contributed by atoms with E-state index in [-0.39, 0.29) is 25.0 Å². The standard InChI is InChI=1S/C22H35N3O4/c1-3-4-14-28-21(27)19(25-13-12-24-16-22(2,23)17-25)10-11-20(26)29-15-18-8-6-5-7-9-18/h5-9,19,24H,3-4,10-17,23H2,1-2H3. The van der Waals surface area contributed by atoms with Gasteiger partial charge in [-0.3, -0.25) is 14.5 Å². The van der Waals surface area contributed by atoms with Crippen molar-refractivity contribution in [2.24, 2.45) is 5.73 Å². The lowest BCUT2D eigenvalue weighted by atomic mass is 10.0. The van der Waals surface area contributed by atoms with E-state index >= 15 is 0 Å². The summed E-state index contributed by atoms with van der Waals surface area (Å²) in [5, 5.41) is 3.31. The molecule has 1 saturated heterocycles. The van der Waals surface area contributed by atoms with Crippen LogP contribution in [0.4, 0.5) is 0 Å². The second-order valence-electron chi connectivity index (χ2n) is 8.02. The number of carbonyl (C=O) groups is 2. The Morgan fingerprint density at radius 1 is 1.28 bits per heavy atom. The van der Waals surface area contributed by atoms with Gasteiger partial charge in [-0.1, -0.05) is 43.7 Å². The molecule has 29 heavy (non-hydrogen) atoms. The van der Waals surface area contributed by atoms with E-state index in [4.69, 9.17) is 15.2 Å². The van der Waals surface area contributed by atoms with Crippen LogP contribution in [-0.2, 0) is 25.7 Å². The average molecular weight is 406 g/mol. The largest absolute Gasteiger partial charge is 0.465 e. The lowest BCUT2D eigenvalue weighted by Gasteiger charge is -2.33. The van der Waals surface area contributed by atoms with Crippen LogP contribution in [0.1, 0.15) is 45.1 Å². The first kappa shape index (κ1) is 23.3. The van der Waals surface area contributed by atoms with Crippen LogP contribution in [0.25, 0.3) is 0 Å². The SMILES string of the molecule is CCCCOC(=O)C(CCC(=O)OCc1ccccc1)N1CCNCC(C)(N)C1. The second-order valence-corrected chi connectivity index (χ2v) is 8.02. The fourth-order valence-electron chi connectivity index (χ4n) is 3.39. The van der Waals surface area contributed by atoms with Crippen molar-refractivity contribution >= 4 is 11.9 Å². The highest BCUT2D eigenvalue weighted by Gasteiger charge is 2.34. The van der Waals surface area contributed by atoms with Crippen molar-refractivity contribution in [2.75, 3.05) is 32.8 Å². The van der Waals surface area contributed by atoms with Gasteiger partial charge in [-0.05, 0) is 25.3 Å². The van der Waals surface area contributed by atoms with Crippen LogP contribution in [0.5, 0.6) is 0 Å². The molecule has 1 aliphatic heterocycles. The van der Waals surface area contributed by atoms with E-state index in [9.17, 15) is 9.59 Å². The molecule has 0 aliphatic carbocycles. The van der Waals surface area contributed by atoms with Gasteiger partial charge in [0.2, 0.25) is 0 Å². The number of nitrogens with one attached hydrogen (secondary N) is 1. The van der Waals surface area contributed by atoms with E-state index in [0.717, 1.165) is 24.9 Å². The third-order valence-corrected chi connectivity index (χ3v) is 4.99. The Labute approximate surface area is 173 Å². The topological polar surface area (TPSA) is 93.9 Å². The van der Waals surface area contributed by atoms with E-state index < -0.39 is 11.6 Å². The van der Waals surface area contributed by atoms with Gasteiger partial charge >= 0.3 is 11.9 Å². The molecule has 2 unspecified atom stereocenters. The Morgan fingerprint density at radius 3 is 2.76 bits per heavy atom. The molecule has 1 heterocycles. The van der Waals surface area contributed by atoms with E-state index in [2.05, 4.69) is 5.32 Å². The Bertz CT molecular complexity index is 636. The van der Waals surface area contributed by atoms with Gasteiger partial charge < -0.3 is 20.5 Å². The maximum atomic E-state index is 12.8. The number of rotatable bonds is 10. The molecule has 1 aromatic carbocycles. The zero-order valence-corrected chi connectivity index (χ0v) is 17.7. The molecule has 162 valence electrons. The van der Waals surface area contributed by atoms with E-state index in [1.54, 1.807) is 0 Å². The molecule has 7 heteroatoms. The van der Waals surface area contributed by atoms with Gasteiger partial charge in [-0.25, -0.2) is 0 Å². The van der Waals surface area contributed by atoms with Crippen LogP contribution in [0, 0.1) is 0 Å². The van der Waals surface area contributed by atoms with Crippen LogP contribution in [-0.4, -0.2) is 61.2 Å². The number of nitrogens with two attached hydrogens (primary N) is 1. The number of unbranched alkanes of at least 4 members (excludes halogenated alkanes) is 1. The molecule has 2 atom stereocenters. The monoisotopic (exact) mass is 405 g/mol. The summed E-state index contributed by atoms with van der Waals surface area (Å²) in [4.78, 5) is 27.0. The van der Waals surface area contributed by atoms with Crippen molar-refractivity contribution in [1.82, 2.24) is 10.2 Å². The number of benzene rings is 1. The Balaban J connectivity index is 1.94. The molecule has 0 spiro atoms. The van der Waals surface area contributed by atoms with Gasteiger partial charge in [0.15, 0.2) is 0 Å². The maximum Gasteiger partial charge on any atom is 0.323 e. The molecule has 0 bridgehead atoms. The number of hydrogen-bond donors (Lipinski definition) is 2. The van der Waals surface area contributed by atoms with E-state index in [1.807, 2.05) is 49.1 Å². The first-order valence-electron chi connectivity index (χ1n) is 10.5. The minimum atomic E-state index is -0.501. The molecule has 1 aromatic rings. The van der Waals surface area contributed by atoms with Gasteiger partial charge in [0.05, 0.1) is 6.61 Å². The summed E-state index contributed by atoms with van der Waals surface area (Å²) >= 11 is 0. The minimum Gasteiger partial charge on any atom is -0.465 e. The molecule has 3 N–H and O–H groups in total. The molecule has 0 amide bonds. The maximum absolute atomic E-state index is 12.8. The predicted octanol–water partition coefficient (Wildman–Crippen LogP) is 1.84. The summed E-state index contributed by atoms with van der Waals surface area (Å²) in [7, 11) is 0. The van der Waals surface area contributed by atoms with E-state index in [0.29, 0.717) is 32.7 Å². The van der Waals surface area contributed by atoms with Gasteiger partial charge in [0, 0.05) is 38.1 Å². The number of nitrogens with zero attached hydrogens (tertiary/aromatic N) is 1. The highest BCUT2D eigenvalue weighted by Crippen LogP contribution is 2.16. The Kier molecular flexibility index (Phi) is 9.57. The predicted molar refractivity (Wildman–Crippen MR) is 112 cm³/mol. The van der Waals surface area contributed by atoms with Crippen molar-refractivity contribution in [3.05, 3.63) is 35.9 Å². The van der Waals surface area contributed by atoms with Crippen LogP contribution in [0.2, 0.25) is 0 Å². The quantitative estimate of drug-likeness (QED) is 0.453. The smallest absolute Gasteiger partial charge is 0.323 e. The van der Waals surface area contributed by atoms with Crippen LogP contribution < -0.4 is 11.1 Å². The lowest BCUT2D eigenvalue weighted by molar-refractivity contribution is -0.152. The number of hydrogen-bond acceptors (Lipinski definition) is 7. The molecule has 2 rings (SSSR count). The molecule has 7 nitrogen and oxygen atoms in total. The molecule has 0 saturated carbocycles. The first-order chi connectivity index (χ1) is 13.9. The number of carbonyl (C=O) groups excluding carboxylic acids is 2. The normalized spacial score (nSPS) is 21.2. The summed E-state index contributed by atoms with van der Waals surface area (Å²) in [5.41, 5.74) is 6.83. The number of ether oxygens (including phenoxy) is 2. The van der Waals surface area contributed by atoms with Crippen molar-refractivity contribution in [3.8, 4) is 0 Å². The highest BCUT2D eigenvalue weighted by atomic mass is 16.5. The summed E-state index contributed by atoms with van der Waals surface area (Å²) in [6.45, 7) is 7.31. The molecular formula is C22H35N3O4. The lowest BCUT2D eigenvalue weighted by Crippen LogP contribution is -2.54. The van der Waals surface area contributed by atoms with Gasteiger partial charge in [0.25, 0.3) is 0 Å². The van der Waals surface area contributed by atoms with Crippen LogP contribution in [0.3, 0.4) is 0 Å². The zero-order chi connectivity index (χ0) is 21.1. The molecule has 0 radical (unpaired) electrons. The zero-order valence-electron chi connectivity index (χ0n) is 17.7. The molecular weight excluding hydrogens is 370 g/mol. The average Bonchev–Trinajstić information content (AvgIpc) is 2.88. The third-order valence-electron chi connectivity index (χ3n) is 4.99. The summed E-state index contributed by atoms with van der Waals surface area (Å²) in [6.07, 6.45) is 2.30.